The Labute approximate surface area is 97.6 Å². The van der Waals surface area contributed by atoms with Crippen molar-refractivity contribution in [2.24, 2.45) is 0 Å². The van der Waals surface area contributed by atoms with Crippen LogP contribution < -0.4 is 5.32 Å². The van der Waals surface area contributed by atoms with E-state index in [-0.39, 0.29) is 12.1 Å². The summed E-state index contributed by atoms with van der Waals surface area (Å²) < 4.78 is 87.5. The number of hydrogen-bond acceptors (Lipinski definition) is 1. The zero-order valence-electron chi connectivity index (χ0n) is 8.96. The molecule has 1 N–H and O–H groups in total. The van der Waals surface area contributed by atoms with Gasteiger partial charge in [-0.2, -0.15) is 26.3 Å². The van der Waals surface area contributed by atoms with Gasteiger partial charge in [0.1, 0.15) is 11.9 Å². The lowest BCUT2D eigenvalue weighted by molar-refractivity contribution is -0.157. The predicted octanol–water partition coefficient (Wildman–Crippen LogP) is 3.67. The van der Waals surface area contributed by atoms with Crippen LogP contribution in [0.4, 0.5) is 30.7 Å². The van der Waals surface area contributed by atoms with Crippen molar-refractivity contribution in [3.8, 4) is 0 Å². The van der Waals surface area contributed by atoms with E-state index in [0.717, 1.165) is 7.05 Å². The lowest BCUT2D eigenvalue weighted by Crippen LogP contribution is -2.32. The maximum absolute atomic E-state index is 12.9. The molecule has 0 radical (unpaired) electrons. The molecule has 1 nitrogen and oxygen atoms in total. The van der Waals surface area contributed by atoms with Gasteiger partial charge in [-0.25, -0.2) is 4.39 Å². The number of nitrogens with one attached hydrogen (secondary N) is 1. The van der Waals surface area contributed by atoms with E-state index in [1.165, 1.54) is 0 Å². The van der Waals surface area contributed by atoms with Gasteiger partial charge < -0.3 is 5.32 Å². The highest BCUT2D eigenvalue weighted by atomic mass is 19.4. The van der Waals surface area contributed by atoms with Crippen molar-refractivity contribution >= 4 is 0 Å². The molecule has 0 aliphatic heterocycles. The lowest BCUT2D eigenvalue weighted by atomic mass is 10.0. The van der Waals surface area contributed by atoms with E-state index in [9.17, 15) is 30.7 Å². The second kappa shape index (κ2) is 4.75. The summed E-state index contributed by atoms with van der Waals surface area (Å²) in [6.45, 7) is 0. The van der Waals surface area contributed by atoms with Crippen LogP contribution >= 0.6 is 0 Å². The van der Waals surface area contributed by atoms with E-state index in [0.29, 0.717) is 6.07 Å². The number of hydrogen-bond donors (Lipinski definition) is 1. The molecule has 0 bridgehead atoms. The Hall–Kier alpha value is -1.31. The van der Waals surface area contributed by atoms with Gasteiger partial charge in [0, 0.05) is 0 Å². The standard InChI is InChI=1S/C10H8F7N/c1-18-8(10(15,16)17)5-2-6(9(12,13)14)4-7(11)3-5/h2-4,8,18H,1H3. The number of alkyl halides is 6. The fourth-order valence-electron chi connectivity index (χ4n) is 1.46. The van der Waals surface area contributed by atoms with Gasteiger partial charge in [0.2, 0.25) is 0 Å². The largest absolute Gasteiger partial charge is 0.416 e. The average Bonchev–Trinajstić information content (AvgIpc) is 2.13. The van der Waals surface area contributed by atoms with Gasteiger partial charge in [-0.05, 0) is 30.8 Å². The Morgan fingerprint density at radius 2 is 1.56 bits per heavy atom. The molecule has 0 aliphatic rings. The first-order valence-electron chi connectivity index (χ1n) is 4.67. The van der Waals surface area contributed by atoms with Gasteiger partial charge in [0.15, 0.2) is 0 Å². The molecule has 0 aliphatic carbocycles. The number of rotatable bonds is 2. The van der Waals surface area contributed by atoms with Gasteiger partial charge in [-0.1, -0.05) is 0 Å². The molecule has 0 saturated carbocycles. The summed E-state index contributed by atoms with van der Waals surface area (Å²) in [7, 11) is 0.927. The molecule has 1 atom stereocenters. The summed E-state index contributed by atoms with van der Waals surface area (Å²) in [5.41, 5.74) is -2.28. The van der Waals surface area contributed by atoms with Crippen molar-refractivity contribution in [3.63, 3.8) is 0 Å². The molecule has 0 amide bonds. The van der Waals surface area contributed by atoms with Gasteiger partial charge in [0.05, 0.1) is 5.56 Å². The van der Waals surface area contributed by atoms with Crippen LogP contribution in [0.15, 0.2) is 18.2 Å². The molecule has 8 heteroatoms. The first-order chi connectivity index (χ1) is 8.05. The summed E-state index contributed by atoms with van der Waals surface area (Å²) >= 11 is 0. The normalized spacial score (nSPS) is 14.7. The summed E-state index contributed by atoms with van der Waals surface area (Å²) in [5.74, 6) is -1.37. The first-order valence-corrected chi connectivity index (χ1v) is 4.67. The highest BCUT2D eigenvalue weighted by Crippen LogP contribution is 2.36. The summed E-state index contributed by atoms with van der Waals surface area (Å²) in [6, 6.07) is -1.51. The fraction of sp³-hybridized carbons (Fsp3) is 0.400. The van der Waals surface area contributed by atoms with E-state index >= 15 is 0 Å². The molecule has 18 heavy (non-hydrogen) atoms. The van der Waals surface area contributed by atoms with Crippen LogP contribution in [0.2, 0.25) is 0 Å². The highest BCUT2D eigenvalue weighted by molar-refractivity contribution is 5.29. The first kappa shape index (κ1) is 14.7. The maximum atomic E-state index is 12.9. The third-order valence-electron chi connectivity index (χ3n) is 2.20. The molecule has 0 aromatic heterocycles. The topological polar surface area (TPSA) is 12.0 Å². The summed E-state index contributed by atoms with van der Waals surface area (Å²) in [6.07, 6.45) is -9.72. The van der Waals surface area contributed by atoms with E-state index < -0.39 is 35.3 Å². The zero-order chi connectivity index (χ0) is 14.1. The summed E-state index contributed by atoms with van der Waals surface area (Å²) in [4.78, 5) is 0. The van der Waals surface area contributed by atoms with Crippen LogP contribution in [-0.4, -0.2) is 13.2 Å². The van der Waals surface area contributed by atoms with Crippen molar-refractivity contribution in [2.45, 2.75) is 18.4 Å². The van der Waals surface area contributed by atoms with Crippen LogP contribution in [-0.2, 0) is 6.18 Å². The van der Waals surface area contributed by atoms with Crippen molar-refractivity contribution in [3.05, 3.63) is 35.1 Å². The molecule has 0 heterocycles. The van der Waals surface area contributed by atoms with Crippen molar-refractivity contribution in [1.82, 2.24) is 5.32 Å². The zero-order valence-corrected chi connectivity index (χ0v) is 8.96. The predicted molar refractivity (Wildman–Crippen MR) is 49.3 cm³/mol. The van der Waals surface area contributed by atoms with Crippen molar-refractivity contribution < 1.29 is 30.7 Å². The third-order valence-corrected chi connectivity index (χ3v) is 2.20. The van der Waals surface area contributed by atoms with Gasteiger partial charge in [0.25, 0.3) is 0 Å². The molecular weight excluding hydrogens is 267 g/mol. The molecule has 0 fully saturated rings. The lowest BCUT2D eigenvalue weighted by Gasteiger charge is -2.21. The molecule has 102 valence electrons. The minimum absolute atomic E-state index is 0.145. The van der Waals surface area contributed by atoms with E-state index in [4.69, 9.17) is 0 Å². The number of halogens is 7. The van der Waals surface area contributed by atoms with Crippen molar-refractivity contribution in [2.75, 3.05) is 7.05 Å². The summed E-state index contributed by atoms with van der Waals surface area (Å²) in [5, 5.41) is 1.81. The SMILES string of the molecule is CNC(c1cc(F)cc(C(F)(F)F)c1)C(F)(F)F. The van der Waals surface area contributed by atoms with Crippen molar-refractivity contribution in [1.29, 1.82) is 0 Å². The number of benzene rings is 1. The molecule has 1 aromatic carbocycles. The Bertz CT molecular complexity index is 421. The second-order valence-corrected chi connectivity index (χ2v) is 3.53. The molecule has 0 spiro atoms. The van der Waals surface area contributed by atoms with Gasteiger partial charge in [-0.15, -0.1) is 0 Å². The molecule has 0 saturated heterocycles. The quantitative estimate of drug-likeness (QED) is 0.812. The van der Waals surface area contributed by atoms with E-state index in [2.05, 4.69) is 0 Å². The Balaban J connectivity index is 3.29. The molecule has 1 aromatic rings. The van der Waals surface area contributed by atoms with Gasteiger partial charge in [-0.3, -0.25) is 0 Å². The Morgan fingerprint density at radius 1 is 1.00 bits per heavy atom. The molecule has 1 unspecified atom stereocenters. The van der Waals surface area contributed by atoms with E-state index in [1.54, 1.807) is 5.32 Å². The highest BCUT2D eigenvalue weighted by Gasteiger charge is 2.41. The van der Waals surface area contributed by atoms with Crippen LogP contribution in [0.5, 0.6) is 0 Å². The van der Waals surface area contributed by atoms with Crippen LogP contribution in [0.3, 0.4) is 0 Å². The minimum atomic E-state index is -4.90. The van der Waals surface area contributed by atoms with Crippen LogP contribution in [0.25, 0.3) is 0 Å². The molecule has 1 rings (SSSR count). The minimum Gasteiger partial charge on any atom is -0.306 e. The van der Waals surface area contributed by atoms with Crippen LogP contribution in [0, 0.1) is 5.82 Å². The van der Waals surface area contributed by atoms with Gasteiger partial charge >= 0.3 is 12.4 Å². The smallest absolute Gasteiger partial charge is 0.306 e. The monoisotopic (exact) mass is 275 g/mol. The molecular formula is C10H8F7N. The third kappa shape index (κ3) is 3.34. The second-order valence-electron chi connectivity index (χ2n) is 3.53. The Morgan fingerprint density at radius 3 is 1.94 bits per heavy atom. The average molecular weight is 275 g/mol. The maximum Gasteiger partial charge on any atom is 0.416 e. The van der Waals surface area contributed by atoms with E-state index in [1.807, 2.05) is 0 Å². The van der Waals surface area contributed by atoms with Crippen LogP contribution in [0.1, 0.15) is 17.2 Å². The fourth-order valence-corrected chi connectivity index (χ4v) is 1.46. The Kier molecular flexibility index (Phi) is 3.89.